The standard InChI is InChI=1S/C24H25N3O2/c28-23(25-17-16-19-10-4-1-5-11-19)22(18-20-12-6-2-7-13-20)27-24(29)26-21-14-8-3-9-15-21/h1-15,22H,16-18H2,(H,25,28)(H2,26,27,29). The summed E-state index contributed by atoms with van der Waals surface area (Å²) in [7, 11) is 0. The molecule has 5 nitrogen and oxygen atoms in total. The lowest BCUT2D eigenvalue weighted by Gasteiger charge is -2.19. The van der Waals surface area contributed by atoms with Crippen molar-refractivity contribution < 1.29 is 9.59 Å². The van der Waals surface area contributed by atoms with Crippen LogP contribution in [0.3, 0.4) is 0 Å². The maximum Gasteiger partial charge on any atom is 0.319 e. The van der Waals surface area contributed by atoms with Gasteiger partial charge < -0.3 is 16.0 Å². The Kier molecular flexibility index (Phi) is 7.41. The van der Waals surface area contributed by atoms with E-state index >= 15 is 0 Å². The predicted molar refractivity (Wildman–Crippen MR) is 116 cm³/mol. The molecule has 0 fully saturated rings. The van der Waals surface area contributed by atoms with Crippen molar-refractivity contribution in [2.45, 2.75) is 18.9 Å². The second-order valence-electron chi connectivity index (χ2n) is 6.73. The van der Waals surface area contributed by atoms with Crippen LogP contribution in [0.5, 0.6) is 0 Å². The quantitative estimate of drug-likeness (QED) is 0.551. The monoisotopic (exact) mass is 387 g/mol. The van der Waals surface area contributed by atoms with E-state index in [-0.39, 0.29) is 5.91 Å². The van der Waals surface area contributed by atoms with Crippen LogP contribution in [-0.4, -0.2) is 24.5 Å². The third-order valence-corrected chi connectivity index (χ3v) is 4.49. The number of hydrogen-bond acceptors (Lipinski definition) is 2. The molecule has 1 unspecified atom stereocenters. The normalized spacial score (nSPS) is 11.3. The Labute approximate surface area is 171 Å². The Bertz CT molecular complexity index is 899. The summed E-state index contributed by atoms with van der Waals surface area (Å²) < 4.78 is 0. The van der Waals surface area contributed by atoms with Crippen LogP contribution in [-0.2, 0) is 17.6 Å². The van der Waals surface area contributed by atoms with Crippen molar-refractivity contribution in [3.05, 3.63) is 102 Å². The second-order valence-corrected chi connectivity index (χ2v) is 6.73. The largest absolute Gasteiger partial charge is 0.354 e. The summed E-state index contributed by atoms with van der Waals surface area (Å²) in [4.78, 5) is 25.2. The van der Waals surface area contributed by atoms with Gasteiger partial charge in [0.05, 0.1) is 0 Å². The first-order valence-electron chi connectivity index (χ1n) is 9.69. The van der Waals surface area contributed by atoms with E-state index in [9.17, 15) is 9.59 Å². The minimum Gasteiger partial charge on any atom is -0.354 e. The number of carbonyl (C=O) groups excluding carboxylic acids is 2. The van der Waals surface area contributed by atoms with Crippen LogP contribution < -0.4 is 16.0 Å². The SMILES string of the molecule is O=C(Nc1ccccc1)NC(Cc1ccccc1)C(=O)NCCc1ccccc1. The molecule has 0 spiro atoms. The third-order valence-electron chi connectivity index (χ3n) is 4.49. The van der Waals surface area contributed by atoms with Gasteiger partial charge >= 0.3 is 6.03 Å². The van der Waals surface area contributed by atoms with Gasteiger partial charge in [-0.25, -0.2) is 4.79 Å². The molecule has 0 aromatic heterocycles. The lowest BCUT2D eigenvalue weighted by atomic mass is 10.1. The first kappa shape index (κ1) is 20.1. The van der Waals surface area contributed by atoms with Crippen molar-refractivity contribution in [1.29, 1.82) is 0 Å². The molecule has 1 atom stereocenters. The highest BCUT2D eigenvalue weighted by Gasteiger charge is 2.21. The molecule has 0 saturated carbocycles. The molecular weight excluding hydrogens is 362 g/mol. The first-order chi connectivity index (χ1) is 14.2. The minimum absolute atomic E-state index is 0.201. The lowest BCUT2D eigenvalue weighted by molar-refractivity contribution is -0.122. The molecule has 29 heavy (non-hydrogen) atoms. The number of nitrogens with one attached hydrogen (secondary N) is 3. The van der Waals surface area contributed by atoms with Gasteiger partial charge in [0, 0.05) is 18.7 Å². The summed E-state index contributed by atoms with van der Waals surface area (Å²) in [6, 6.07) is 27.7. The number of amides is 3. The third kappa shape index (κ3) is 6.81. The summed E-state index contributed by atoms with van der Waals surface area (Å²) in [5.41, 5.74) is 2.81. The summed E-state index contributed by atoms with van der Waals surface area (Å²) in [6.07, 6.45) is 1.15. The maximum atomic E-state index is 12.8. The van der Waals surface area contributed by atoms with Crippen LogP contribution in [0, 0.1) is 0 Å². The van der Waals surface area contributed by atoms with Crippen molar-refractivity contribution in [3.8, 4) is 0 Å². The molecular formula is C24H25N3O2. The van der Waals surface area contributed by atoms with Gasteiger partial charge in [0.25, 0.3) is 0 Å². The fraction of sp³-hybridized carbons (Fsp3) is 0.167. The smallest absolute Gasteiger partial charge is 0.319 e. The molecule has 3 amide bonds. The van der Waals surface area contributed by atoms with Crippen molar-refractivity contribution in [3.63, 3.8) is 0 Å². The zero-order valence-corrected chi connectivity index (χ0v) is 16.2. The van der Waals surface area contributed by atoms with E-state index in [0.29, 0.717) is 18.7 Å². The number of benzene rings is 3. The fourth-order valence-corrected chi connectivity index (χ4v) is 3.00. The zero-order valence-electron chi connectivity index (χ0n) is 16.2. The number of hydrogen-bond donors (Lipinski definition) is 3. The van der Waals surface area contributed by atoms with Gasteiger partial charge in [-0.05, 0) is 29.7 Å². The van der Waals surface area contributed by atoms with E-state index in [1.54, 1.807) is 12.1 Å². The number of rotatable bonds is 8. The van der Waals surface area contributed by atoms with Crippen LogP contribution in [0.15, 0.2) is 91.0 Å². The molecule has 0 radical (unpaired) electrons. The molecule has 0 bridgehead atoms. The van der Waals surface area contributed by atoms with Crippen LogP contribution >= 0.6 is 0 Å². The Morgan fingerprint density at radius 2 is 1.28 bits per heavy atom. The number of para-hydroxylation sites is 1. The average molecular weight is 387 g/mol. The van der Waals surface area contributed by atoms with E-state index in [1.807, 2.05) is 78.9 Å². The predicted octanol–water partition coefficient (Wildman–Crippen LogP) is 3.78. The Hall–Kier alpha value is -3.60. The van der Waals surface area contributed by atoms with E-state index in [1.165, 1.54) is 0 Å². The van der Waals surface area contributed by atoms with E-state index in [0.717, 1.165) is 17.5 Å². The highest BCUT2D eigenvalue weighted by Crippen LogP contribution is 2.07. The van der Waals surface area contributed by atoms with Crippen LogP contribution in [0.2, 0.25) is 0 Å². The number of carbonyl (C=O) groups is 2. The molecule has 3 N–H and O–H groups in total. The van der Waals surface area contributed by atoms with E-state index in [4.69, 9.17) is 0 Å². The van der Waals surface area contributed by atoms with Crippen LogP contribution in [0.25, 0.3) is 0 Å². The minimum atomic E-state index is -0.670. The lowest BCUT2D eigenvalue weighted by Crippen LogP contribution is -2.49. The number of urea groups is 1. The highest BCUT2D eigenvalue weighted by molar-refractivity contribution is 5.93. The van der Waals surface area contributed by atoms with Crippen molar-refractivity contribution in [2.24, 2.45) is 0 Å². The van der Waals surface area contributed by atoms with Crippen molar-refractivity contribution >= 4 is 17.6 Å². The fourth-order valence-electron chi connectivity index (χ4n) is 3.00. The Morgan fingerprint density at radius 1 is 0.724 bits per heavy atom. The summed E-state index contributed by atoms with van der Waals surface area (Å²) in [6.45, 7) is 0.510. The zero-order chi connectivity index (χ0) is 20.3. The summed E-state index contributed by atoms with van der Waals surface area (Å²) in [5, 5.41) is 8.50. The van der Waals surface area contributed by atoms with Crippen LogP contribution in [0.4, 0.5) is 10.5 Å². The molecule has 0 aliphatic rings. The molecule has 3 rings (SSSR count). The molecule has 0 aliphatic carbocycles. The van der Waals surface area contributed by atoms with Gasteiger partial charge in [-0.15, -0.1) is 0 Å². The Balaban J connectivity index is 1.60. The van der Waals surface area contributed by atoms with Gasteiger partial charge in [-0.3, -0.25) is 4.79 Å². The summed E-state index contributed by atoms with van der Waals surface area (Å²) >= 11 is 0. The van der Waals surface area contributed by atoms with Crippen molar-refractivity contribution in [2.75, 3.05) is 11.9 Å². The first-order valence-corrected chi connectivity index (χ1v) is 9.69. The molecule has 0 aliphatic heterocycles. The van der Waals surface area contributed by atoms with Gasteiger partial charge in [0.15, 0.2) is 0 Å². The topological polar surface area (TPSA) is 70.2 Å². The number of anilines is 1. The summed E-state index contributed by atoms with van der Waals surface area (Å²) in [5.74, 6) is -0.201. The van der Waals surface area contributed by atoms with E-state index < -0.39 is 12.1 Å². The van der Waals surface area contributed by atoms with Gasteiger partial charge in [0.2, 0.25) is 5.91 Å². The molecule has 148 valence electrons. The van der Waals surface area contributed by atoms with E-state index in [2.05, 4.69) is 16.0 Å². The molecule has 0 saturated heterocycles. The Morgan fingerprint density at radius 3 is 1.90 bits per heavy atom. The van der Waals surface area contributed by atoms with Crippen molar-refractivity contribution in [1.82, 2.24) is 10.6 Å². The maximum absolute atomic E-state index is 12.8. The van der Waals surface area contributed by atoms with Gasteiger partial charge in [-0.2, -0.15) is 0 Å². The molecule has 5 heteroatoms. The van der Waals surface area contributed by atoms with Gasteiger partial charge in [0.1, 0.15) is 6.04 Å². The van der Waals surface area contributed by atoms with Gasteiger partial charge in [-0.1, -0.05) is 78.9 Å². The molecule has 3 aromatic rings. The molecule has 0 heterocycles. The molecule has 3 aromatic carbocycles. The van der Waals surface area contributed by atoms with Crippen LogP contribution in [0.1, 0.15) is 11.1 Å². The highest BCUT2D eigenvalue weighted by atomic mass is 16.2. The average Bonchev–Trinajstić information content (AvgIpc) is 2.75. The second kappa shape index (κ2) is 10.7.